The minimum absolute atomic E-state index is 0.0428. The fraction of sp³-hybridized carbons (Fsp3) is 0.330. The molecule has 0 aliphatic carbocycles. The zero-order valence-corrected chi connectivity index (χ0v) is 82.4. The number of amidine groups is 1. The Hall–Kier alpha value is -10.9. The Bertz CT molecular complexity index is 5940. The lowest BCUT2D eigenvalue weighted by molar-refractivity contribution is -0.119. The highest BCUT2D eigenvalue weighted by Crippen LogP contribution is 2.51. The van der Waals surface area contributed by atoms with E-state index in [4.69, 9.17) is 66.8 Å². The van der Waals surface area contributed by atoms with Crippen LogP contribution in [-0.2, 0) is 19.2 Å². The molecule has 5 N–H and O–H groups in total. The zero-order valence-electron chi connectivity index (χ0n) is 75.3. The Morgan fingerprint density at radius 2 is 0.791 bits per heavy atom. The number of nitrogens with zero attached hydrogens (tertiary/aromatic N) is 11. The average molecular weight is 1990 g/mol. The first-order valence-corrected chi connectivity index (χ1v) is 50.8. The molecule has 20 nitrogen and oxygen atoms in total. The van der Waals surface area contributed by atoms with Crippen LogP contribution in [0.25, 0.3) is 0 Å². The van der Waals surface area contributed by atoms with Crippen LogP contribution in [0.4, 0.5) is 22.7 Å². The van der Waals surface area contributed by atoms with Crippen molar-refractivity contribution in [3.63, 3.8) is 0 Å². The van der Waals surface area contributed by atoms with Gasteiger partial charge in [-0.15, -0.1) is 47.0 Å². The number of anilines is 4. The van der Waals surface area contributed by atoms with Crippen LogP contribution in [0.1, 0.15) is 223 Å². The van der Waals surface area contributed by atoms with E-state index in [1.54, 1.807) is 108 Å². The molecule has 692 valence electrons. The molecule has 2 fully saturated rings. The first kappa shape index (κ1) is 104. The molecule has 10 aromatic rings. The van der Waals surface area contributed by atoms with E-state index < -0.39 is 9.90 Å². The van der Waals surface area contributed by atoms with Crippen molar-refractivity contribution in [2.75, 3.05) is 58.1 Å². The molecule has 6 heterocycles. The second kappa shape index (κ2) is 52.3. The highest BCUT2D eigenvalue weighted by atomic mass is 79.9. The molecule has 4 amide bonds. The second-order valence-electron chi connectivity index (χ2n) is 33.3. The van der Waals surface area contributed by atoms with E-state index in [1.807, 2.05) is 166 Å². The van der Waals surface area contributed by atoms with Crippen molar-refractivity contribution in [3.8, 4) is 30.3 Å². The van der Waals surface area contributed by atoms with Gasteiger partial charge in [0, 0.05) is 79.8 Å². The number of nitrogens with one attached hydrogen (secondary N) is 1. The number of aldehydes is 1. The molecule has 2 saturated heterocycles. The molecule has 0 saturated carbocycles. The molecule has 16 rings (SSSR count). The van der Waals surface area contributed by atoms with Crippen molar-refractivity contribution in [2.45, 2.75) is 199 Å². The van der Waals surface area contributed by atoms with Crippen LogP contribution in [0.3, 0.4) is 0 Å². The number of piperidine rings is 2. The minimum Gasteiger partial charge on any atom is -0.409 e. The number of alkyl halides is 4. The number of halogens is 4. The van der Waals surface area contributed by atoms with Crippen molar-refractivity contribution in [3.05, 3.63) is 309 Å². The topological polar surface area (TPSA) is 311 Å². The molecule has 9 atom stereocenters. The number of hydrogen-bond acceptors (Lipinski definition) is 19. The Morgan fingerprint density at radius 3 is 1.19 bits per heavy atom. The van der Waals surface area contributed by atoms with Crippen molar-refractivity contribution < 1.29 is 34.3 Å². The van der Waals surface area contributed by atoms with Gasteiger partial charge in [0.05, 0.1) is 80.9 Å². The number of benzene rings is 10. The molecule has 5 unspecified atom stereocenters. The van der Waals surface area contributed by atoms with E-state index in [9.17, 15) is 34.3 Å². The van der Waals surface area contributed by atoms with Crippen LogP contribution in [0.15, 0.2) is 267 Å². The number of hydrogen-bond donors (Lipinski definition) is 4. The third-order valence-corrected chi connectivity index (χ3v) is 30.4. The van der Waals surface area contributed by atoms with Crippen LogP contribution in [0.2, 0.25) is 0 Å². The zero-order chi connectivity index (χ0) is 95.6. The quantitative estimate of drug-likeness (QED) is 0.00831. The van der Waals surface area contributed by atoms with Gasteiger partial charge in [-0.05, 0) is 248 Å². The number of oxime groups is 1. The Morgan fingerprint density at radius 1 is 0.448 bits per heavy atom. The van der Waals surface area contributed by atoms with Crippen LogP contribution in [-0.4, -0.2) is 122 Å². The monoisotopic (exact) mass is 1990 g/mol. The number of rotatable bonds is 24. The van der Waals surface area contributed by atoms with E-state index >= 15 is 0 Å². The fourth-order valence-electron chi connectivity index (χ4n) is 17.0. The van der Waals surface area contributed by atoms with Gasteiger partial charge in [0.2, 0.25) is 27.4 Å². The average Bonchev–Trinajstić information content (AvgIpc) is 0.786. The van der Waals surface area contributed by atoms with E-state index in [1.165, 1.54) is 69.2 Å². The first-order chi connectivity index (χ1) is 64.9. The molecule has 0 aromatic heterocycles. The maximum atomic E-state index is 13.6. The molecule has 6 aliphatic heterocycles. The summed E-state index contributed by atoms with van der Waals surface area (Å²) in [5.74, 6) is 0.335. The van der Waals surface area contributed by atoms with Crippen LogP contribution >= 0.6 is 97.8 Å². The number of amides is 4. The largest absolute Gasteiger partial charge is 0.409 e. The van der Waals surface area contributed by atoms with Gasteiger partial charge in [0.15, 0.2) is 5.84 Å². The molecule has 6 aliphatic rings. The predicted octanol–water partition coefficient (Wildman–Crippen LogP) is 24.5. The number of fused-ring (bicyclic) bond motifs is 4. The Labute approximate surface area is 827 Å². The summed E-state index contributed by atoms with van der Waals surface area (Å²) >= 11 is 26.3. The number of para-hydroxylation sites is 4. The summed E-state index contributed by atoms with van der Waals surface area (Å²) in [7, 11) is 0. The van der Waals surface area contributed by atoms with E-state index in [0.29, 0.717) is 68.7 Å². The summed E-state index contributed by atoms with van der Waals surface area (Å²) in [5.41, 5.74) is 17.5. The van der Waals surface area contributed by atoms with Crippen molar-refractivity contribution in [1.29, 1.82) is 26.3 Å². The van der Waals surface area contributed by atoms with Crippen molar-refractivity contribution in [2.24, 2.45) is 10.9 Å². The molecule has 0 spiro atoms. The summed E-state index contributed by atoms with van der Waals surface area (Å²) in [4.78, 5) is 78.2. The number of carbonyl (C=O) groups excluding carboxylic acids is 5. The first-order valence-electron chi connectivity index (χ1n) is 45.0. The summed E-state index contributed by atoms with van der Waals surface area (Å²) in [6, 6.07) is 87.5. The number of likely N-dealkylation sites (tertiary alicyclic amines) is 2. The molecule has 28 heteroatoms. The van der Waals surface area contributed by atoms with E-state index in [0.717, 1.165) is 154 Å². The number of nitriles is 5. The molecule has 10 aromatic carbocycles. The lowest BCUT2D eigenvalue weighted by Gasteiger charge is -2.39. The lowest BCUT2D eigenvalue weighted by Crippen LogP contribution is -2.44. The third-order valence-electron chi connectivity index (χ3n) is 24.0. The molecule has 134 heavy (non-hydrogen) atoms. The van der Waals surface area contributed by atoms with Crippen molar-refractivity contribution >= 4 is 156 Å². The molecular weight excluding hydrogens is 1880 g/mol. The standard InChI is InChI=1S/C27H36N4O2S.C27H33N3OS.C20H19BrN2OS.C15H10N2OS.C9H6Cl3NO.C8H5NO/c1-19-10-8-11-20(2)30(19)16-6-3-7-17-31-23-14-4-5-15-24(23)34-25(27(31)32)21-12-9-13-22(18-21)26(28)29-33;1-20-10-8-11-21(2)29(20)16-6-3-7-17-30-24-14-4-5-15-25(24)32-26(27(30)31)23-13-9-12-22(18-23)19-28;21-11-4-1-5-12-23-17-9-2-3-10-18(17)25-19(20(23)24)16-8-6-7-15(13-16)14-22;16-9-10-4-3-5-11(8-10)14-15(18)17-12-6-1-2-7-13(12)19-14;10-9(11,12)8(14)7-3-1-2-6(4-7)5-13;9-5-7-2-1-3-8(4-7)6-10/h4-5,9,12-15,18-20,25,33H,3,6-8,10-11,16-17H2,1-2H3,(H2,28,29);4-5,9,12-15,18,20-21,26H,3,6-8,10-11,16-17H2,1-2H3;2-3,6-10,13,19H,1,4-5,11-12H2;1-8,14H,(H,17,18);1-4,8,14H;1-4,6H/t19-,20+,25?;20-,21+,26?;;;;. The number of carbonyl (C=O) groups is 5. The summed E-state index contributed by atoms with van der Waals surface area (Å²) in [5, 5.41) is 68.7. The number of aliphatic hydroxyl groups excluding tert-OH is 1. The summed E-state index contributed by atoms with van der Waals surface area (Å²) in [6.45, 7) is 13.9. The van der Waals surface area contributed by atoms with Gasteiger partial charge < -0.3 is 36.1 Å². The Kier molecular flexibility index (Phi) is 40.4. The van der Waals surface area contributed by atoms with Gasteiger partial charge in [-0.2, -0.15) is 26.3 Å². The SMILES string of the molecule is C[C@@H]1CCC[C@H](C)N1CCCCCN1C(=O)C(c2cccc(C#N)c2)Sc2ccccc21.C[C@@H]1CCC[C@H](C)N1CCCCCN1C(=O)C(c2cccc(C(N)=NO)c2)Sc2ccccc21.N#Cc1cccc(C(O)C(Cl)(Cl)Cl)c1.N#Cc1cccc(C2Sc3ccccc3N(CCCCCBr)C2=O)c1.N#Cc1cccc(C2Sc3ccccc3NC2=O)c1.N#Cc1cccc(C=O)c1. The predicted molar refractivity (Wildman–Crippen MR) is 546 cm³/mol. The third kappa shape index (κ3) is 28.6. The van der Waals surface area contributed by atoms with E-state index in [2.05, 4.69) is 106 Å². The number of unbranched alkanes of at least 4 members (excludes halogenated alkanes) is 6. The maximum Gasteiger partial charge on any atom is 0.245 e. The van der Waals surface area contributed by atoms with Crippen LogP contribution < -0.4 is 25.8 Å². The van der Waals surface area contributed by atoms with Gasteiger partial charge in [-0.1, -0.05) is 215 Å². The molecule has 0 bridgehead atoms. The normalized spacial score (nSPS) is 19.2. The van der Waals surface area contributed by atoms with Gasteiger partial charge >= 0.3 is 0 Å². The van der Waals surface area contributed by atoms with E-state index in [-0.39, 0.29) is 50.5 Å². The molecule has 0 radical (unpaired) electrons. The number of nitrogens with two attached hydrogens (primary N) is 1. The minimum atomic E-state index is -1.78. The van der Waals surface area contributed by atoms with Crippen LogP contribution in [0.5, 0.6) is 0 Å². The molecular formula is C106H109BrCl3N13O7S4. The van der Waals surface area contributed by atoms with Gasteiger partial charge in [-0.3, -0.25) is 33.8 Å². The van der Waals surface area contributed by atoms with Gasteiger partial charge in [0.25, 0.3) is 0 Å². The van der Waals surface area contributed by atoms with Crippen molar-refractivity contribution in [1.82, 2.24) is 9.80 Å². The fourth-order valence-corrected chi connectivity index (χ4v) is 22.5. The lowest BCUT2D eigenvalue weighted by atomic mass is 9.97. The second-order valence-corrected chi connectivity index (χ2v) is 41.1. The van der Waals surface area contributed by atoms with Crippen LogP contribution in [0, 0.1) is 56.7 Å². The maximum absolute atomic E-state index is 13.6. The Balaban J connectivity index is 0.000000161. The number of aliphatic hydroxyl groups is 1. The summed E-state index contributed by atoms with van der Waals surface area (Å²) < 4.78 is -1.78. The highest BCUT2D eigenvalue weighted by molar-refractivity contribution is 9.09. The smallest absolute Gasteiger partial charge is 0.245 e. The van der Waals surface area contributed by atoms with Gasteiger partial charge in [0.1, 0.15) is 33.4 Å². The highest BCUT2D eigenvalue weighted by Gasteiger charge is 2.39. The summed E-state index contributed by atoms with van der Waals surface area (Å²) in [6.07, 6.45) is 17.2. The number of thioether (sulfide) groups is 4. The van der Waals surface area contributed by atoms with Gasteiger partial charge in [-0.25, -0.2) is 0 Å².